The van der Waals surface area contributed by atoms with Crippen LogP contribution in [0, 0.1) is 5.82 Å². The molecule has 0 spiro atoms. The number of hydrogen-bond donors (Lipinski definition) is 0. The predicted molar refractivity (Wildman–Crippen MR) is 117 cm³/mol. The summed E-state index contributed by atoms with van der Waals surface area (Å²) in [6, 6.07) is 17.6. The third-order valence-electron chi connectivity index (χ3n) is 5.62. The molecule has 7 heteroatoms. The van der Waals surface area contributed by atoms with Gasteiger partial charge >= 0.3 is 0 Å². The van der Waals surface area contributed by atoms with E-state index in [4.69, 9.17) is 30.9 Å². The molecule has 2 heterocycles. The fourth-order valence-electron chi connectivity index (χ4n) is 4.10. The maximum absolute atomic E-state index is 13.4. The number of benzene rings is 3. The van der Waals surface area contributed by atoms with Crippen molar-refractivity contribution in [1.29, 1.82) is 0 Å². The average Bonchev–Trinajstić information content (AvgIpc) is 3.24. The Balaban J connectivity index is 1.60. The monoisotopic (exact) mass is 438 g/mol. The van der Waals surface area contributed by atoms with Crippen LogP contribution in [0.3, 0.4) is 0 Å². The van der Waals surface area contributed by atoms with E-state index in [9.17, 15) is 4.39 Å². The molecule has 0 saturated heterocycles. The molecule has 0 unspecified atom stereocenters. The summed E-state index contributed by atoms with van der Waals surface area (Å²) in [4.78, 5) is 0. The minimum atomic E-state index is -0.462. The molecule has 5 nitrogen and oxygen atoms in total. The van der Waals surface area contributed by atoms with Gasteiger partial charge in [-0.15, -0.1) is 0 Å². The van der Waals surface area contributed by atoms with E-state index in [0.29, 0.717) is 22.9 Å². The third kappa shape index (κ3) is 3.47. The molecular weight excluding hydrogens is 419 g/mol. The molecule has 2 atom stereocenters. The summed E-state index contributed by atoms with van der Waals surface area (Å²) in [6.45, 7) is 0. The standard InChI is InChI=1S/C24H20ClFN2O3/c1-29-22-9-5-15(11-23(22)30-2)24-28-20(18-12-16(25)6-10-21(18)31-24)13-19(27-28)14-3-7-17(26)8-4-14/h3-12,20,24H,13H2,1-2H3/t20-,24+/m1/s1. The Hall–Kier alpha value is -3.25. The molecule has 158 valence electrons. The highest BCUT2D eigenvalue weighted by atomic mass is 35.5. The highest BCUT2D eigenvalue weighted by Gasteiger charge is 2.41. The maximum Gasteiger partial charge on any atom is 0.214 e. The lowest BCUT2D eigenvalue weighted by atomic mass is 9.96. The van der Waals surface area contributed by atoms with E-state index in [0.717, 1.165) is 28.2 Å². The topological polar surface area (TPSA) is 43.3 Å². The first-order valence-corrected chi connectivity index (χ1v) is 10.2. The smallest absolute Gasteiger partial charge is 0.214 e. The molecule has 3 aromatic rings. The molecule has 0 amide bonds. The van der Waals surface area contributed by atoms with E-state index in [1.807, 2.05) is 41.4 Å². The van der Waals surface area contributed by atoms with Crippen molar-refractivity contribution >= 4 is 17.3 Å². The molecule has 2 aliphatic rings. The van der Waals surface area contributed by atoms with Crippen LogP contribution < -0.4 is 14.2 Å². The number of hydrazone groups is 1. The van der Waals surface area contributed by atoms with Crippen LogP contribution in [-0.4, -0.2) is 24.9 Å². The number of methoxy groups -OCH3 is 2. The molecule has 0 bridgehead atoms. The fraction of sp³-hybridized carbons (Fsp3) is 0.208. The summed E-state index contributed by atoms with van der Waals surface area (Å²) >= 11 is 6.28. The number of halogens is 2. The van der Waals surface area contributed by atoms with Gasteiger partial charge in [-0.05, 0) is 54.1 Å². The molecule has 0 fully saturated rings. The van der Waals surface area contributed by atoms with Gasteiger partial charge in [0, 0.05) is 22.6 Å². The number of hydrogen-bond acceptors (Lipinski definition) is 5. The lowest BCUT2D eigenvalue weighted by molar-refractivity contribution is -0.0191. The molecule has 0 aliphatic carbocycles. The largest absolute Gasteiger partial charge is 0.493 e. The van der Waals surface area contributed by atoms with Gasteiger partial charge in [-0.1, -0.05) is 23.7 Å². The Morgan fingerprint density at radius 2 is 1.77 bits per heavy atom. The molecule has 31 heavy (non-hydrogen) atoms. The Morgan fingerprint density at radius 3 is 2.52 bits per heavy atom. The predicted octanol–water partition coefficient (Wildman–Crippen LogP) is 5.74. The van der Waals surface area contributed by atoms with Crippen molar-refractivity contribution in [2.75, 3.05) is 14.2 Å². The SMILES string of the molecule is COc1ccc([C@@H]2Oc3ccc(Cl)cc3[C@H]3CC(c4ccc(F)cc4)=NN32)cc1OC. The highest BCUT2D eigenvalue weighted by Crippen LogP contribution is 2.48. The zero-order valence-corrected chi connectivity index (χ0v) is 17.8. The second-order valence-electron chi connectivity index (χ2n) is 7.42. The lowest BCUT2D eigenvalue weighted by Gasteiger charge is -2.38. The van der Waals surface area contributed by atoms with E-state index in [1.54, 1.807) is 26.4 Å². The van der Waals surface area contributed by atoms with Gasteiger partial charge in [0.25, 0.3) is 0 Å². The van der Waals surface area contributed by atoms with Crippen LogP contribution in [0.1, 0.15) is 35.4 Å². The summed E-state index contributed by atoms with van der Waals surface area (Å²) in [5, 5.41) is 7.47. The molecule has 0 N–H and O–H groups in total. The van der Waals surface area contributed by atoms with Crippen LogP contribution in [-0.2, 0) is 0 Å². The molecule has 3 aromatic carbocycles. The van der Waals surface area contributed by atoms with Crippen molar-refractivity contribution < 1.29 is 18.6 Å². The van der Waals surface area contributed by atoms with Crippen LogP contribution in [0.25, 0.3) is 0 Å². The van der Waals surface area contributed by atoms with Crippen molar-refractivity contribution in [1.82, 2.24) is 5.01 Å². The van der Waals surface area contributed by atoms with Gasteiger partial charge in [0.1, 0.15) is 11.6 Å². The van der Waals surface area contributed by atoms with E-state index < -0.39 is 6.23 Å². The number of ether oxygens (including phenoxy) is 3. The summed E-state index contributed by atoms with van der Waals surface area (Å²) < 4.78 is 30.6. The lowest BCUT2D eigenvalue weighted by Crippen LogP contribution is -2.33. The maximum atomic E-state index is 13.4. The second-order valence-corrected chi connectivity index (χ2v) is 7.86. The van der Waals surface area contributed by atoms with Crippen molar-refractivity contribution in [3.05, 3.63) is 88.2 Å². The van der Waals surface area contributed by atoms with Gasteiger partial charge in [-0.3, -0.25) is 0 Å². The minimum absolute atomic E-state index is 0.0550. The quantitative estimate of drug-likeness (QED) is 0.521. The van der Waals surface area contributed by atoms with E-state index >= 15 is 0 Å². The minimum Gasteiger partial charge on any atom is -0.493 e. The second kappa shape index (κ2) is 7.78. The van der Waals surface area contributed by atoms with Gasteiger partial charge in [0.05, 0.1) is 26.0 Å². The summed E-state index contributed by atoms with van der Waals surface area (Å²) in [5.41, 5.74) is 3.61. The first-order valence-electron chi connectivity index (χ1n) is 9.87. The summed E-state index contributed by atoms with van der Waals surface area (Å²) in [6.07, 6.45) is 0.197. The first-order chi connectivity index (χ1) is 15.1. The fourth-order valence-corrected chi connectivity index (χ4v) is 4.28. The zero-order valence-electron chi connectivity index (χ0n) is 17.0. The Bertz CT molecular complexity index is 1170. The molecule has 0 aromatic heterocycles. The van der Waals surface area contributed by atoms with Gasteiger partial charge in [0.15, 0.2) is 11.5 Å². The van der Waals surface area contributed by atoms with Crippen molar-refractivity contribution in [2.24, 2.45) is 5.10 Å². The van der Waals surface area contributed by atoms with Crippen molar-refractivity contribution in [3.63, 3.8) is 0 Å². The summed E-state index contributed by atoms with van der Waals surface area (Å²) in [5.74, 6) is 1.75. The van der Waals surface area contributed by atoms with Crippen molar-refractivity contribution in [2.45, 2.75) is 18.7 Å². The van der Waals surface area contributed by atoms with Crippen LogP contribution in [0.15, 0.2) is 65.8 Å². The van der Waals surface area contributed by atoms with Crippen LogP contribution in [0.4, 0.5) is 4.39 Å². The Morgan fingerprint density at radius 1 is 1.00 bits per heavy atom. The van der Waals surface area contributed by atoms with E-state index in [-0.39, 0.29) is 11.9 Å². The van der Waals surface area contributed by atoms with Crippen LogP contribution in [0.2, 0.25) is 5.02 Å². The molecule has 0 radical (unpaired) electrons. The molecule has 5 rings (SSSR count). The van der Waals surface area contributed by atoms with Gasteiger partial charge in [0.2, 0.25) is 6.23 Å². The molecule has 2 aliphatic heterocycles. The van der Waals surface area contributed by atoms with Gasteiger partial charge in [-0.2, -0.15) is 5.10 Å². The average molecular weight is 439 g/mol. The Kier molecular flexibility index (Phi) is 4.94. The van der Waals surface area contributed by atoms with Gasteiger partial charge in [-0.25, -0.2) is 9.40 Å². The van der Waals surface area contributed by atoms with Gasteiger partial charge < -0.3 is 14.2 Å². The highest BCUT2D eigenvalue weighted by molar-refractivity contribution is 6.30. The van der Waals surface area contributed by atoms with E-state index in [2.05, 4.69) is 0 Å². The zero-order chi connectivity index (χ0) is 21.5. The number of fused-ring (bicyclic) bond motifs is 3. The molecular formula is C24H20ClFN2O3. The van der Waals surface area contributed by atoms with Crippen molar-refractivity contribution in [3.8, 4) is 17.2 Å². The number of nitrogens with zero attached hydrogens (tertiary/aromatic N) is 2. The Labute approximate surface area is 184 Å². The third-order valence-corrected chi connectivity index (χ3v) is 5.86. The van der Waals surface area contributed by atoms with Crippen LogP contribution >= 0.6 is 11.6 Å². The summed E-state index contributed by atoms with van der Waals surface area (Å²) in [7, 11) is 3.20. The molecule has 0 saturated carbocycles. The number of rotatable bonds is 4. The first kappa shape index (κ1) is 19.7. The normalized spacial score (nSPS) is 19.2. The van der Waals surface area contributed by atoms with E-state index in [1.165, 1.54) is 12.1 Å². The van der Waals surface area contributed by atoms with Crippen LogP contribution in [0.5, 0.6) is 17.2 Å².